The molecule has 1 aliphatic heterocycles. The van der Waals surface area contributed by atoms with Gasteiger partial charge in [-0.25, -0.2) is 8.42 Å². The maximum absolute atomic E-state index is 12.8. The van der Waals surface area contributed by atoms with Crippen molar-refractivity contribution in [1.29, 1.82) is 0 Å². The zero-order chi connectivity index (χ0) is 15.1. The molecule has 8 heteroatoms. The molecule has 0 atom stereocenters. The smallest absolute Gasteiger partial charge is 0.396 e. The summed E-state index contributed by atoms with van der Waals surface area (Å²) in [6, 6.07) is 3.12. The average Bonchev–Trinajstić information content (AvgIpc) is 2.25. The number of alkyl halides is 3. The third kappa shape index (κ3) is 2.55. The first-order chi connectivity index (χ1) is 9.17. The minimum Gasteiger partial charge on any atom is -0.396 e. The third-order valence-electron chi connectivity index (χ3n) is 3.39. The van der Waals surface area contributed by atoms with Gasteiger partial charge in [0.05, 0.1) is 10.5 Å². The van der Waals surface area contributed by atoms with E-state index in [0.717, 1.165) is 23.4 Å². The fourth-order valence-electron chi connectivity index (χ4n) is 2.17. The minimum absolute atomic E-state index is 0.131. The highest BCUT2D eigenvalue weighted by Gasteiger charge is 2.39. The summed E-state index contributed by atoms with van der Waals surface area (Å²) in [7, 11) is -3.94. The van der Waals surface area contributed by atoms with Gasteiger partial charge in [0.15, 0.2) is 0 Å². The summed E-state index contributed by atoms with van der Waals surface area (Å²) in [5.41, 5.74) is -1.25. The van der Waals surface area contributed by atoms with Gasteiger partial charge in [-0.15, -0.1) is 0 Å². The predicted molar refractivity (Wildman–Crippen MR) is 65.5 cm³/mol. The van der Waals surface area contributed by atoms with Crippen LogP contribution in [0.3, 0.4) is 0 Å². The lowest BCUT2D eigenvalue weighted by Gasteiger charge is -2.37. The van der Waals surface area contributed by atoms with Gasteiger partial charge in [0.1, 0.15) is 0 Å². The maximum Gasteiger partial charge on any atom is 0.416 e. The molecule has 0 spiro atoms. The van der Waals surface area contributed by atoms with Gasteiger partial charge < -0.3 is 5.11 Å². The molecule has 4 nitrogen and oxygen atoms in total. The van der Waals surface area contributed by atoms with E-state index in [4.69, 9.17) is 5.11 Å². The van der Waals surface area contributed by atoms with E-state index in [1.54, 1.807) is 0 Å². The Bertz CT molecular complexity index is 607. The zero-order valence-electron chi connectivity index (χ0n) is 10.7. The first kappa shape index (κ1) is 15.3. The Hall–Kier alpha value is -1.12. The van der Waals surface area contributed by atoms with Crippen LogP contribution in [0, 0.1) is 12.8 Å². The van der Waals surface area contributed by atoms with Gasteiger partial charge >= 0.3 is 6.18 Å². The zero-order valence-corrected chi connectivity index (χ0v) is 11.5. The first-order valence-corrected chi connectivity index (χ1v) is 7.39. The van der Waals surface area contributed by atoms with Crippen molar-refractivity contribution in [3.05, 3.63) is 29.3 Å². The summed E-state index contributed by atoms with van der Waals surface area (Å²) in [5.74, 6) is -0.143. The van der Waals surface area contributed by atoms with Crippen LogP contribution in [-0.4, -0.2) is 37.5 Å². The molecule has 2 rings (SSSR count). The molecule has 0 radical (unpaired) electrons. The fraction of sp³-hybridized carbons (Fsp3) is 0.500. The molecule has 1 heterocycles. The van der Waals surface area contributed by atoms with Crippen molar-refractivity contribution >= 4 is 10.0 Å². The number of nitrogens with zero attached hydrogens (tertiary/aromatic N) is 1. The van der Waals surface area contributed by atoms with Gasteiger partial charge in [-0.3, -0.25) is 0 Å². The lowest BCUT2D eigenvalue weighted by atomic mass is 10.1. The van der Waals surface area contributed by atoms with Crippen molar-refractivity contribution in [2.24, 2.45) is 5.92 Å². The molecule has 112 valence electrons. The van der Waals surface area contributed by atoms with Crippen LogP contribution in [0.5, 0.6) is 0 Å². The molecule has 1 N–H and O–H groups in total. The molecule has 1 saturated heterocycles. The van der Waals surface area contributed by atoms with Crippen molar-refractivity contribution in [1.82, 2.24) is 4.31 Å². The van der Waals surface area contributed by atoms with E-state index in [-0.39, 0.29) is 36.1 Å². The van der Waals surface area contributed by atoms with Crippen LogP contribution in [0.25, 0.3) is 0 Å². The molecule has 1 aromatic rings. The number of aliphatic hydroxyl groups excluding tert-OH is 1. The highest BCUT2D eigenvalue weighted by Crippen LogP contribution is 2.35. The van der Waals surface area contributed by atoms with Gasteiger partial charge in [-0.1, -0.05) is 6.07 Å². The molecule has 0 aliphatic carbocycles. The van der Waals surface area contributed by atoms with E-state index >= 15 is 0 Å². The van der Waals surface area contributed by atoms with Crippen LogP contribution < -0.4 is 0 Å². The van der Waals surface area contributed by atoms with Gasteiger partial charge in [-0.05, 0) is 24.6 Å². The Labute approximate surface area is 114 Å². The van der Waals surface area contributed by atoms with Crippen molar-refractivity contribution in [3.8, 4) is 0 Å². The Morgan fingerprint density at radius 3 is 2.45 bits per heavy atom. The van der Waals surface area contributed by atoms with Gasteiger partial charge in [0.2, 0.25) is 10.0 Å². The molecule has 1 aromatic carbocycles. The van der Waals surface area contributed by atoms with Crippen LogP contribution in [0.4, 0.5) is 13.2 Å². The second-order valence-corrected chi connectivity index (χ2v) is 6.70. The molecule has 0 amide bonds. The molecule has 0 unspecified atom stereocenters. The van der Waals surface area contributed by atoms with Crippen LogP contribution in [-0.2, 0) is 16.2 Å². The van der Waals surface area contributed by atoms with E-state index in [0.29, 0.717) is 0 Å². The quantitative estimate of drug-likeness (QED) is 0.923. The lowest BCUT2D eigenvalue weighted by molar-refractivity contribution is -0.138. The van der Waals surface area contributed by atoms with E-state index in [2.05, 4.69) is 0 Å². The van der Waals surface area contributed by atoms with E-state index in [9.17, 15) is 21.6 Å². The molecule has 0 aromatic heterocycles. The Morgan fingerprint density at radius 1 is 1.35 bits per heavy atom. The van der Waals surface area contributed by atoms with Crippen molar-refractivity contribution in [3.63, 3.8) is 0 Å². The highest BCUT2D eigenvalue weighted by atomic mass is 32.2. The van der Waals surface area contributed by atoms with Crippen molar-refractivity contribution in [2.45, 2.75) is 18.0 Å². The molecular formula is C12H14F3NO3S. The summed E-state index contributed by atoms with van der Waals surface area (Å²) in [6.45, 7) is 1.29. The molecule has 1 aliphatic rings. The van der Waals surface area contributed by atoms with Crippen LogP contribution in [0.15, 0.2) is 23.1 Å². The van der Waals surface area contributed by atoms with E-state index in [1.165, 1.54) is 6.07 Å². The molecule has 20 heavy (non-hydrogen) atoms. The molecular weight excluding hydrogens is 295 g/mol. The number of sulfonamides is 1. The summed E-state index contributed by atoms with van der Waals surface area (Å²) in [4.78, 5) is -0.330. The van der Waals surface area contributed by atoms with Crippen molar-refractivity contribution in [2.75, 3.05) is 19.7 Å². The Morgan fingerprint density at radius 2 is 1.95 bits per heavy atom. The predicted octanol–water partition coefficient (Wildman–Crippen LogP) is 1.63. The second-order valence-electron chi connectivity index (χ2n) is 4.80. The summed E-state index contributed by atoms with van der Waals surface area (Å²) in [5, 5.41) is 8.88. The molecule has 1 fully saturated rings. The Kier molecular flexibility index (Phi) is 3.83. The number of hydrogen-bond donors (Lipinski definition) is 1. The van der Waals surface area contributed by atoms with Gasteiger partial charge in [0.25, 0.3) is 0 Å². The second kappa shape index (κ2) is 5.01. The highest BCUT2D eigenvalue weighted by molar-refractivity contribution is 7.89. The third-order valence-corrected chi connectivity index (χ3v) is 5.37. The first-order valence-electron chi connectivity index (χ1n) is 5.95. The number of rotatable bonds is 3. The summed E-state index contributed by atoms with van der Waals surface area (Å²) < 4.78 is 64.0. The van der Waals surface area contributed by atoms with Crippen LogP contribution in [0.1, 0.15) is 11.1 Å². The number of benzene rings is 1. The van der Waals surface area contributed by atoms with Crippen LogP contribution >= 0.6 is 0 Å². The number of hydrogen-bond acceptors (Lipinski definition) is 3. The monoisotopic (exact) mass is 309 g/mol. The number of halogens is 3. The largest absolute Gasteiger partial charge is 0.416 e. The SMILES string of the molecule is Cc1c(C(F)(F)F)cccc1S(=O)(=O)N1CC(CO)C1. The summed E-state index contributed by atoms with van der Waals surface area (Å²) >= 11 is 0. The minimum atomic E-state index is -4.59. The fourth-order valence-corrected chi connectivity index (χ4v) is 4.01. The van der Waals surface area contributed by atoms with Crippen molar-refractivity contribution < 1.29 is 26.7 Å². The lowest BCUT2D eigenvalue weighted by Crippen LogP contribution is -2.51. The van der Waals surface area contributed by atoms with Crippen LogP contribution in [0.2, 0.25) is 0 Å². The topological polar surface area (TPSA) is 57.6 Å². The molecule has 0 saturated carbocycles. The van der Waals surface area contributed by atoms with Gasteiger partial charge in [0, 0.05) is 25.6 Å². The number of aliphatic hydroxyl groups is 1. The normalized spacial score (nSPS) is 18.1. The molecule has 0 bridgehead atoms. The van der Waals surface area contributed by atoms with E-state index < -0.39 is 21.8 Å². The standard InChI is InChI=1S/C12H14F3NO3S/c1-8-10(12(13,14)15)3-2-4-11(8)20(18,19)16-5-9(6-16)7-17/h2-4,9,17H,5-7H2,1H3. The maximum atomic E-state index is 12.8. The van der Waals surface area contributed by atoms with Gasteiger partial charge in [-0.2, -0.15) is 17.5 Å². The Balaban J connectivity index is 2.39. The average molecular weight is 309 g/mol. The van der Waals surface area contributed by atoms with E-state index in [1.807, 2.05) is 0 Å². The summed E-state index contributed by atoms with van der Waals surface area (Å²) in [6.07, 6.45) is -4.59.